The van der Waals surface area contributed by atoms with Gasteiger partial charge in [0.1, 0.15) is 12.3 Å². The van der Waals surface area contributed by atoms with Crippen LogP contribution in [0.5, 0.6) is 0 Å². The summed E-state index contributed by atoms with van der Waals surface area (Å²) in [4.78, 5) is 38.4. The van der Waals surface area contributed by atoms with Gasteiger partial charge in [0, 0.05) is 30.3 Å². The molecule has 0 saturated carbocycles. The summed E-state index contributed by atoms with van der Waals surface area (Å²) in [6.45, 7) is 1.63. The predicted molar refractivity (Wildman–Crippen MR) is 119 cm³/mol. The lowest BCUT2D eigenvalue weighted by atomic mass is 10.0. The van der Waals surface area contributed by atoms with Crippen molar-refractivity contribution in [2.24, 2.45) is 0 Å². The summed E-state index contributed by atoms with van der Waals surface area (Å²) in [5.74, 6) is 0. The first kappa shape index (κ1) is 21.5. The van der Waals surface area contributed by atoms with Crippen molar-refractivity contribution in [3.63, 3.8) is 0 Å². The SMILES string of the molecule is Cc1cn([C@@H]2C[C@H](O)[C@@H](CNC(=O)Nc3ccccc3-c3ccccc3)O2)c(=O)[nH]c1=O. The van der Waals surface area contributed by atoms with Crippen LogP contribution in [0, 0.1) is 6.92 Å². The number of para-hydroxylation sites is 1. The molecule has 1 saturated heterocycles. The van der Waals surface area contributed by atoms with Gasteiger partial charge in [-0.05, 0) is 18.6 Å². The van der Waals surface area contributed by atoms with E-state index in [2.05, 4.69) is 15.6 Å². The van der Waals surface area contributed by atoms with Crippen LogP contribution in [0.15, 0.2) is 70.4 Å². The maximum atomic E-state index is 12.5. The van der Waals surface area contributed by atoms with E-state index in [-0.39, 0.29) is 13.0 Å². The third-order valence-electron chi connectivity index (χ3n) is 5.38. The minimum atomic E-state index is -0.879. The maximum absolute atomic E-state index is 12.5. The Morgan fingerprint density at radius 1 is 1.16 bits per heavy atom. The Morgan fingerprint density at radius 2 is 1.88 bits per heavy atom. The Balaban J connectivity index is 1.39. The van der Waals surface area contributed by atoms with Crippen LogP contribution in [0.1, 0.15) is 18.2 Å². The first-order valence-corrected chi connectivity index (χ1v) is 10.3. The number of urea groups is 1. The lowest BCUT2D eigenvalue weighted by Gasteiger charge is -2.17. The van der Waals surface area contributed by atoms with E-state index < -0.39 is 35.7 Å². The number of nitrogens with zero attached hydrogens (tertiary/aromatic N) is 1. The molecule has 3 atom stereocenters. The number of H-pyrrole nitrogens is 1. The van der Waals surface area contributed by atoms with Crippen molar-refractivity contribution in [2.75, 3.05) is 11.9 Å². The van der Waals surface area contributed by atoms with Gasteiger partial charge in [-0.2, -0.15) is 0 Å². The van der Waals surface area contributed by atoms with Gasteiger partial charge in [-0.1, -0.05) is 48.5 Å². The quantitative estimate of drug-likeness (QED) is 0.487. The molecule has 9 nitrogen and oxygen atoms in total. The van der Waals surface area contributed by atoms with Crippen LogP contribution < -0.4 is 21.9 Å². The number of nitrogens with one attached hydrogen (secondary N) is 3. The smallest absolute Gasteiger partial charge is 0.330 e. The molecule has 0 bridgehead atoms. The first-order valence-electron chi connectivity index (χ1n) is 10.3. The molecule has 2 heterocycles. The molecule has 1 aliphatic rings. The second-order valence-electron chi connectivity index (χ2n) is 7.66. The van der Waals surface area contributed by atoms with Crippen LogP contribution >= 0.6 is 0 Å². The van der Waals surface area contributed by atoms with Crippen LogP contribution in [0.3, 0.4) is 0 Å². The third kappa shape index (κ3) is 4.63. The Bertz CT molecular complexity index is 1220. The van der Waals surface area contributed by atoms with Gasteiger partial charge in [0.25, 0.3) is 5.56 Å². The van der Waals surface area contributed by atoms with Crippen LogP contribution in [0.2, 0.25) is 0 Å². The Hall–Kier alpha value is -3.69. The third-order valence-corrected chi connectivity index (χ3v) is 5.38. The number of hydrogen-bond acceptors (Lipinski definition) is 5. The molecular weight excluding hydrogens is 412 g/mol. The van der Waals surface area contributed by atoms with E-state index in [1.165, 1.54) is 10.8 Å². The van der Waals surface area contributed by atoms with Crippen molar-refractivity contribution in [1.29, 1.82) is 0 Å². The van der Waals surface area contributed by atoms with Crippen LogP contribution in [-0.4, -0.2) is 39.4 Å². The molecule has 9 heteroatoms. The summed E-state index contributed by atoms with van der Waals surface area (Å²) in [7, 11) is 0. The van der Waals surface area contributed by atoms with E-state index in [0.717, 1.165) is 11.1 Å². The molecular formula is C23H24N4O5. The number of aliphatic hydroxyl groups excluding tert-OH is 1. The zero-order valence-electron chi connectivity index (χ0n) is 17.4. The van der Waals surface area contributed by atoms with E-state index >= 15 is 0 Å². The number of aromatic nitrogens is 2. The molecule has 0 radical (unpaired) electrons. The largest absolute Gasteiger partial charge is 0.390 e. The minimum Gasteiger partial charge on any atom is -0.390 e. The molecule has 1 fully saturated rings. The molecule has 2 amide bonds. The van der Waals surface area contributed by atoms with Crippen LogP contribution in [-0.2, 0) is 4.74 Å². The van der Waals surface area contributed by atoms with Gasteiger partial charge in [-0.15, -0.1) is 0 Å². The van der Waals surface area contributed by atoms with Crippen molar-refractivity contribution in [3.05, 3.63) is 87.2 Å². The predicted octanol–water partition coefficient (Wildman–Crippen LogP) is 1.98. The van der Waals surface area contributed by atoms with E-state index in [4.69, 9.17) is 4.74 Å². The van der Waals surface area contributed by atoms with Gasteiger partial charge >= 0.3 is 11.7 Å². The highest BCUT2D eigenvalue weighted by Crippen LogP contribution is 2.28. The summed E-state index contributed by atoms with van der Waals surface area (Å²) in [5.41, 5.74) is 1.80. The Morgan fingerprint density at radius 3 is 2.66 bits per heavy atom. The summed E-state index contributed by atoms with van der Waals surface area (Å²) in [6.07, 6.45) is -0.746. The van der Waals surface area contributed by atoms with E-state index in [9.17, 15) is 19.5 Å². The lowest BCUT2D eigenvalue weighted by Crippen LogP contribution is -2.39. The molecule has 0 unspecified atom stereocenters. The van der Waals surface area contributed by atoms with Crippen molar-refractivity contribution in [3.8, 4) is 11.1 Å². The van der Waals surface area contributed by atoms with E-state index in [1.807, 2.05) is 54.6 Å². The van der Waals surface area contributed by atoms with Gasteiger partial charge in [0.2, 0.25) is 0 Å². The average molecular weight is 436 g/mol. The summed E-state index contributed by atoms with van der Waals surface area (Å²) in [6, 6.07) is 16.7. The second kappa shape index (κ2) is 9.21. The average Bonchev–Trinajstić information content (AvgIpc) is 3.16. The number of hydrogen-bond donors (Lipinski definition) is 4. The van der Waals surface area contributed by atoms with Gasteiger partial charge in [-0.25, -0.2) is 9.59 Å². The Labute approximate surface area is 183 Å². The van der Waals surface area contributed by atoms with Crippen molar-refractivity contribution < 1.29 is 14.6 Å². The van der Waals surface area contributed by atoms with Crippen molar-refractivity contribution in [2.45, 2.75) is 31.8 Å². The fraction of sp³-hybridized carbons (Fsp3) is 0.261. The van der Waals surface area contributed by atoms with Gasteiger partial charge in [0.15, 0.2) is 0 Å². The van der Waals surface area contributed by atoms with Crippen molar-refractivity contribution in [1.82, 2.24) is 14.9 Å². The second-order valence-corrected chi connectivity index (χ2v) is 7.66. The Kier molecular flexibility index (Phi) is 6.20. The van der Waals surface area contributed by atoms with Crippen LogP contribution in [0.25, 0.3) is 11.1 Å². The summed E-state index contributed by atoms with van der Waals surface area (Å²) in [5, 5.41) is 15.9. The zero-order chi connectivity index (χ0) is 22.7. The number of aryl methyl sites for hydroxylation is 1. The van der Waals surface area contributed by atoms with Gasteiger partial charge in [0.05, 0.1) is 11.8 Å². The molecule has 166 valence electrons. The first-order chi connectivity index (χ1) is 15.4. The number of ether oxygens (including phenoxy) is 1. The highest BCUT2D eigenvalue weighted by molar-refractivity contribution is 5.94. The number of anilines is 1. The maximum Gasteiger partial charge on any atom is 0.330 e. The normalized spacial score (nSPS) is 20.1. The van der Waals surface area contributed by atoms with Crippen molar-refractivity contribution >= 4 is 11.7 Å². The molecule has 3 aromatic rings. The number of carbonyl (C=O) groups excluding carboxylic acids is 1. The number of aromatic amines is 1. The molecule has 1 aliphatic heterocycles. The molecule has 0 spiro atoms. The number of amides is 2. The van der Waals surface area contributed by atoms with Crippen LogP contribution in [0.4, 0.5) is 10.5 Å². The molecule has 32 heavy (non-hydrogen) atoms. The minimum absolute atomic E-state index is 0.0497. The molecule has 2 aromatic carbocycles. The van der Waals surface area contributed by atoms with E-state index in [0.29, 0.717) is 11.3 Å². The van der Waals surface area contributed by atoms with Gasteiger partial charge < -0.3 is 20.5 Å². The number of carbonyl (C=O) groups is 1. The fourth-order valence-corrected chi connectivity index (χ4v) is 3.69. The summed E-state index contributed by atoms with van der Waals surface area (Å²) >= 11 is 0. The highest BCUT2D eigenvalue weighted by atomic mass is 16.5. The van der Waals surface area contributed by atoms with Gasteiger partial charge in [-0.3, -0.25) is 14.3 Å². The monoisotopic (exact) mass is 436 g/mol. The fourth-order valence-electron chi connectivity index (χ4n) is 3.69. The van der Waals surface area contributed by atoms with E-state index in [1.54, 1.807) is 6.92 Å². The zero-order valence-corrected chi connectivity index (χ0v) is 17.4. The molecule has 4 rings (SSSR count). The standard InChI is InChI=1S/C23H24N4O5/c1-14-13-27(23(31)26-21(14)29)20-11-18(28)19(32-20)12-24-22(30)25-17-10-6-5-9-16(17)15-7-3-2-4-8-15/h2-10,13,18-20,28H,11-12H2,1H3,(H2,24,25,30)(H,26,29,31)/t18-,19+,20-/m0/s1. The molecule has 0 aliphatic carbocycles. The topological polar surface area (TPSA) is 125 Å². The number of aliphatic hydroxyl groups is 1. The molecule has 1 aromatic heterocycles. The highest BCUT2D eigenvalue weighted by Gasteiger charge is 2.35. The molecule has 4 N–H and O–H groups in total. The number of benzene rings is 2. The summed E-state index contributed by atoms with van der Waals surface area (Å²) < 4.78 is 7.02. The lowest BCUT2D eigenvalue weighted by molar-refractivity contribution is -0.0178. The number of rotatable bonds is 5.